The van der Waals surface area contributed by atoms with Crippen LogP contribution in [0, 0.1) is 10.1 Å². The molecule has 0 radical (unpaired) electrons. The van der Waals surface area contributed by atoms with E-state index in [2.05, 4.69) is 0 Å². The average molecular weight is 236 g/mol. The summed E-state index contributed by atoms with van der Waals surface area (Å²) >= 11 is 0. The minimum Gasteiger partial charge on any atom is -0.258 e. The number of nitrogens with zero attached hydrogens (tertiary/aromatic N) is 1. The fraction of sp³-hybridized carbons (Fsp3) is 0.143. The van der Waals surface area contributed by atoms with Gasteiger partial charge in [-0.3, -0.25) is 10.1 Å². The zero-order valence-corrected chi connectivity index (χ0v) is 7.95. The number of nitro groups is 1. The maximum Gasteiger partial charge on any atom is 0.341 e. The van der Waals surface area contributed by atoms with Crippen LogP contribution >= 0.6 is 0 Å². The molecule has 0 saturated heterocycles. The van der Waals surface area contributed by atoms with E-state index in [1.54, 1.807) is 0 Å². The van der Waals surface area contributed by atoms with E-state index in [9.17, 15) is 27.3 Å². The summed E-state index contributed by atoms with van der Waals surface area (Å²) in [6.45, 7) is 0. The molecule has 1 aromatic carbocycles. The van der Waals surface area contributed by atoms with Crippen molar-refractivity contribution in [1.82, 2.24) is 0 Å². The molecule has 5 nitrogen and oxygen atoms in total. The molecule has 1 rings (SSSR count). The number of benzene rings is 1. The van der Waals surface area contributed by atoms with Crippen LogP contribution in [0.3, 0.4) is 0 Å². The smallest absolute Gasteiger partial charge is 0.258 e. The Morgan fingerprint density at radius 3 is 2.00 bits per heavy atom. The van der Waals surface area contributed by atoms with Crippen LogP contribution in [0.15, 0.2) is 29.2 Å². The van der Waals surface area contributed by atoms with Crippen LogP contribution in [-0.4, -0.2) is 19.1 Å². The van der Waals surface area contributed by atoms with Crippen LogP contribution in [0.1, 0.15) is 0 Å². The maximum absolute atomic E-state index is 12.0. The van der Waals surface area contributed by atoms with Gasteiger partial charge >= 0.3 is 5.76 Å². The van der Waals surface area contributed by atoms with E-state index in [1.165, 1.54) is 0 Å². The Kier molecular flexibility index (Phi) is 2.98. The molecule has 82 valence electrons. The predicted molar refractivity (Wildman–Crippen MR) is 46.3 cm³/mol. The largest absolute Gasteiger partial charge is 0.341 e. The van der Waals surface area contributed by atoms with Gasteiger partial charge < -0.3 is 0 Å². The van der Waals surface area contributed by atoms with Gasteiger partial charge in [-0.25, -0.2) is 8.42 Å². The van der Waals surface area contributed by atoms with Crippen molar-refractivity contribution in [2.24, 2.45) is 0 Å². The molecule has 0 bridgehead atoms. The van der Waals surface area contributed by atoms with Crippen molar-refractivity contribution < 1.29 is 22.1 Å². The standard InChI is InChI=1S/C7H5F2NO4S/c8-7(9)15(13,14)6-3-1-5(2-4-6)10(11)12/h1-4,7H/i8-1. The first-order chi connectivity index (χ1) is 6.85. The minimum absolute atomic E-state index is 0.358. The van der Waals surface area contributed by atoms with Crippen LogP contribution < -0.4 is 0 Å². The zero-order chi connectivity index (χ0) is 11.6. The van der Waals surface area contributed by atoms with Crippen molar-refractivity contribution in [1.29, 1.82) is 0 Å². The van der Waals surface area contributed by atoms with E-state index in [-0.39, 0.29) is 5.69 Å². The Bertz CT molecular complexity index is 468. The lowest BCUT2D eigenvalue weighted by Crippen LogP contribution is -2.11. The first-order valence-electron chi connectivity index (χ1n) is 3.62. The summed E-state index contributed by atoms with van der Waals surface area (Å²) in [7, 11) is -4.68. The van der Waals surface area contributed by atoms with Crippen LogP contribution in [0.25, 0.3) is 0 Å². The summed E-state index contributed by atoms with van der Waals surface area (Å²) in [4.78, 5) is 8.82. The molecule has 8 heteroatoms. The lowest BCUT2D eigenvalue weighted by atomic mass is 10.3. The Labute approximate surface area is 83.4 Å². The summed E-state index contributed by atoms with van der Waals surface area (Å²) in [6.07, 6.45) is 0. The predicted octanol–water partition coefficient (Wildman–Crippen LogP) is 1.59. The van der Waals surface area contributed by atoms with Crippen LogP contribution in [0.5, 0.6) is 0 Å². The molecule has 0 fully saturated rings. The van der Waals surface area contributed by atoms with Gasteiger partial charge in [0.05, 0.1) is 9.82 Å². The number of rotatable bonds is 3. The number of hydrogen-bond donors (Lipinski definition) is 0. The van der Waals surface area contributed by atoms with Gasteiger partial charge in [0.15, 0.2) is 0 Å². The Hall–Kier alpha value is -1.57. The first-order valence-corrected chi connectivity index (χ1v) is 5.17. The molecular weight excluding hydrogens is 231 g/mol. The molecule has 0 aliphatic rings. The van der Waals surface area contributed by atoms with E-state index in [4.69, 9.17) is 0 Å². The van der Waals surface area contributed by atoms with Gasteiger partial charge in [0.25, 0.3) is 5.69 Å². The van der Waals surface area contributed by atoms with Crippen molar-refractivity contribution in [3.8, 4) is 0 Å². The average Bonchev–Trinajstić information content (AvgIpc) is 2.17. The molecule has 15 heavy (non-hydrogen) atoms. The molecule has 0 N–H and O–H groups in total. The molecule has 0 spiro atoms. The summed E-state index contributed by atoms with van der Waals surface area (Å²) in [6, 6.07) is 3.27. The molecule has 0 heterocycles. The molecule has 1 atom stereocenters. The zero-order valence-electron chi connectivity index (χ0n) is 7.13. The normalized spacial score (nSPS) is 13.5. The highest BCUT2D eigenvalue weighted by Crippen LogP contribution is 2.20. The lowest BCUT2D eigenvalue weighted by molar-refractivity contribution is -0.384. The SMILES string of the molecule is O=[N+]([O-])c1ccc(S(=O)(=O)C(F)[18F])cc1. The molecule has 0 aliphatic carbocycles. The summed E-state index contributed by atoms with van der Waals surface area (Å²) in [5.74, 6) is -3.53. The van der Waals surface area contributed by atoms with Gasteiger partial charge in [-0.2, -0.15) is 8.78 Å². The Balaban J connectivity index is 3.15. The van der Waals surface area contributed by atoms with Crippen LogP contribution in [-0.2, 0) is 9.84 Å². The molecule has 0 amide bonds. The van der Waals surface area contributed by atoms with Crippen molar-refractivity contribution >= 4 is 15.5 Å². The highest BCUT2D eigenvalue weighted by atomic mass is 32.2. The third kappa shape index (κ3) is 2.27. The third-order valence-corrected chi connectivity index (χ3v) is 3.01. The third-order valence-electron chi connectivity index (χ3n) is 1.61. The van der Waals surface area contributed by atoms with Gasteiger partial charge in [-0.05, 0) is 12.1 Å². The second-order valence-electron chi connectivity index (χ2n) is 2.56. The number of hydrogen-bond acceptors (Lipinski definition) is 4. The second-order valence-corrected chi connectivity index (χ2v) is 4.47. The van der Waals surface area contributed by atoms with E-state index >= 15 is 0 Å². The molecule has 0 aromatic heterocycles. The topological polar surface area (TPSA) is 77.3 Å². The first kappa shape index (κ1) is 11.5. The molecule has 1 unspecified atom stereocenters. The van der Waals surface area contributed by atoms with Crippen molar-refractivity contribution in [3.05, 3.63) is 34.4 Å². The molecule has 0 saturated carbocycles. The summed E-state index contributed by atoms with van der Waals surface area (Å²) < 4.78 is 45.9. The van der Waals surface area contributed by atoms with Gasteiger partial charge in [0.2, 0.25) is 9.84 Å². The Morgan fingerprint density at radius 2 is 1.67 bits per heavy atom. The number of halogens is 2. The highest BCUT2D eigenvalue weighted by Gasteiger charge is 2.26. The van der Waals surface area contributed by atoms with Crippen LogP contribution in [0.4, 0.5) is 14.5 Å². The second kappa shape index (κ2) is 3.89. The maximum atomic E-state index is 12.0. The molecule has 1 aromatic rings. The Morgan fingerprint density at radius 1 is 1.20 bits per heavy atom. The van der Waals surface area contributed by atoms with E-state index in [0.717, 1.165) is 24.3 Å². The highest BCUT2D eigenvalue weighted by molar-refractivity contribution is 7.91. The molecular formula is C7H5F2NO4S. The minimum atomic E-state index is -4.68. The fourth-order valence-electron chi connectivity index (χ4n) is 0.860. The summed E-state index contributed by atoms with van der Waals surface area (Å²) in [5, 5.41) is 10.2. The van der Waals surface area contributed by atoms with Gasteiger partial charge in [0.1, 0.15) is 0 Å². The lowest BCUT2D eigenvalue weighted by Gasteiger charge is -2.01. The van der Waals surface area contributed by atoms with E-state index < -0.39 is 25.4 Å². The number of sulfone groups is 1. The number of non-ortho nitro benzene ring substituents is 1. The quantitative estimate of drug-likeness (QED) is 0.589. The van der Waals surface area contributed by atoms with Gasteiger partial charge in [0, 0.05) is 12.1 Å². The van der Waals surface area contributed by atoms with Crippen LogP contribution in [0.2, 0.25) is 0 Å². The van der Waals surface area contributed by atoms with Crippen molar-refractivity contribution in [2.45, 2.75) is 10.7 Å². The fourth-order valence-corrected chi connectivity index (χ4v) is 1.58. The van der Waals surface area contributed by atoms with E-state index in [0.29, 0.717) is 0 Å². The number of alkyl halides is 2. The van der Waals surface area contributed by atoms with Gasteiger partial charge in [-0.15, -0.1) is 0 Å². The van der Waals surface area contributed by atoms with E-state index in [1.807, 2.05) is 0 Å². The summed E-state index contributed by atoms with van der Waals surface area (Å²) in [5.41, 5.74) is -0.358. The van der Waals surface area contributed by atoms with Crippen molar-refractivity contribution in [2.75, 3.05) is 0 Å². The number of nitro benzene ring substituents is 1. The van der Waals surface area contributed by atoms with Gasteiger partial charge in [-0.1, -0.05) is 0 Å². The van der Waals surface area contributed by atoms with Crippen molar-refractivity contribution in [3.63, 3.8) is 0 Å². The molecule has 0 aliphatic heterocycles. The monoisotopic (exact) mass is 236 g/mol.